The normalized spacial score (nSPS) is 16.1. The van der Waals surface area contributed by atoms with E-state index in [1.54, 1.807) is 42.5 Å². The topological polar surface area (TPSA) is 102 Å². The molecular weight excluding hydrogens is 382 g/mol. The largest absolute Gasteiger partial charge is 0.484 e. The number of hydrogen-bond acceptors (Lipinski definition) is 4. The molecule has 0 bridgehead atoms. The van der Waals surface area contributed by atoms with E-state index in [1.165, 1.54) is 4.90 Å². The second-order valence-electron chi connectivity index (χ2n) is 6.55. The lowest BCUT2D eigenvalue weighted by Gasteiger charge is -2.17. The molecule has 1 unspecified atom stereocenters. The number of carbonyl (C=O) groups excluding carboxylic acids is 3. The van der Waals surface area contributed by atoms with E-state index in [9.17, 15) is 14.4 Å². The number of benzene rings is 2. The van der Waals surface area contributed by atoms with Crippen molar-refractivity contribution in [3.8, 4) is 5.75 Å². The maximum absolute atomic E-state index is 12.1. The molecule has 2 aromatic rings. The summed E-state index contributed by atoms with van der Waals surface area (Å²) in [5.41, 5.74) is 7.35. The minimum Gasteiger partial charge on any atom is -0.484 e. The van der Waals surface area contributed by atoms with Crippen LogP contribution in [0.2, 0.25) is 5.02 Å². The summed E-state index contributed by atoms with van der Waals surface area (Å²) in [7, 11) is 0. The fourth-order valence-electron chi connectivity index (χ4n) is 2.95. The molecule has 146 valence electrons. The molecule has 0 aromatic heterocycles. The Balaban J connectivity index is 1.56. The first-order chi connectivity index (χ1) is 13.3. The molecule has 0 radical (unpaired) electrons. The van der Waals surface area contributed by atoms with Gasteiger partial charge in [-0.05, 0) is 48.9 Å². The molecule has 7 nitrogen and oxygen atoms in total. The number of carbonyl (C=O) groups is 3. The smallest absolute Gasteiger partial charge is 0.262 e. The number of rotatable bonds is 6. The van der Waals surface area contributed by atoms with Gasteiger partial charge in [-0.25, -0.2) is 0 Å². The predicted octanol–water partition coefficient (Wildman–Crippen LogP) is 2.50. The van der Waals surface area contributed by atoms with Crippen molar-refractivity contribution in [2.75, 3.05) is 23.4 Å². The average Bonchev–Trinajstić information content (AvgIpc) is 3.06. The highest BCUT2D eigenvalue weighted by Gasteiger charge is 2.33. The molecule has 3 N–H and O–H groups in total. The maximum atomic E-state index is 12.1. The molecule has 0 aliphatic carbocycles. The standard InChI is InChI=1S/C20H20ClN3O4/c1-12-16(21)3-2-4-17(12)23-18(25)11-28-15-7-5-14(6-8-15)24-10-13(20(22)27)9-19(24)26/h2-8,13H,9-11H2,1H3,(H2,22,27)(H,23,25). The Labute approximate surface area is 167 Å². The summed E-state index contributed by atoms with van der Waals surface area (Å²) in [6.07, 6.45) is 0.122. The van der Waals surface area contributed by atoms with Crippen molar-refractivity contribution >= 4 is 40.7 Å². The SMILES string of the molecule is Cc1c(Cl)cccc1NC(=O)COc1ccc(N2CC(C(N)=O)CC2=O)cc1. The third kappa shape index (κ3) is 4.43. The second-order valence-corrected chi connectivity index (χ2v) is 6.96. The highest BCUT2D eigenvalue weighted by Crippen LogP contribution is 2.27. The Morgan fingerprint density at radius 2 is 1.96 bits per heavy atom. The molecule has 28 heavy (non-hydrogen) atoms. The molecule has 2 aromatic carbocycles. The molecule has 1 atom stereocenters. The first kappa shape index (κ1) is 19.7. The van der Waals surface area contributed by atoms with E-state index in [-0.39, 0.29) is 31.4 Å². The highest BCUT2D eigenvalue weighted by atomic mass is 35.5. The van der Waals surface area contributed by atoms with Crippen LogP contribution in [0.1, 0.15) is 12.0 Å². The van der Waals surface area contributed by atoms with Crippen LogP contribution in [-0.2, 0) is 14.4 Å². The van der Waals surface area contributed by atoms with E-state index in [2.05, 4.69) is 5.32 Å². The van der Waals surface area contributed by atoms with E-state index in [0.29, 0.717) is 22.1 Å². The van der Waals surface area contributed by atoms with E-state index < -0.39 is 11.8 Å². The lowest BCUT2D eigenvalue weighted by atomic mass is 10.1. The van der Waals surface area contributed by atoms with Gasteiger partial charge >= 0.3 is 0 Å². The van der Waals surface area contributed by atoms with Crippen LogP contribution in [0.15, 0.2) is 42.5 Å². The van der Waals surface area contributed by atoms with Crippen molar-refractivity contribution < 1.29 is 19.1 Å². The molecule has 1 aliphatic heterocycles. The van der Waals surface area contributed by atoms with Crippen molar-refractivity contribution in [2.45, 2.75) is 13.3 Å². The van der Waals surface area contributed by atoms with Gasteiger partial charge in [0, 0.05) is 29.4 Å². The molecular formula is C20H20ClN3O4. The van der Waals surface area contributed by atoms with Gasteiger partial charge in [0.2, 0.25) is 11.8 Å². The fraction of sp³-hybridized carbons (Fsp3) is 0.250. The average molecular weight is 402 g/mol. The molecule has 1 fully saturated rings. The van der Waals surface area contributed by atoms with Crippen LogP contribution < -0.4 is 20.7 Å². The Bertz CT molecular complexity index is 914. The monoisotopic (exact) mass is 401 g/mol. The molecule has 1 saturated heterocycles. The van der Waals surface area contributed by atoms with Crippen molar-refractivity contribution in [3.05, 3.63) is 53.1 Å². The van der Waals surface area contributed by atoms with Crippen LogP contribution in [-0.4, -0.2) is 30.9 Å². The van der Waals surface area contributed by atoms with Gasteiger partial charge in [0.05, 0.1) is 5.92 Å². The van der Waals surface area contributed by atoms with Crippen molar-refractivity contribution in [1.82, 2.24) is 0 Å². The lowest BCUT2D eigenvalue weighted by Crippen LogP contribution is -2.28. The third-order valence-corrected chi connectivity index (χ3v) is 5.00. The first-order valence-electron chi connectivity index (χ1n) is 8.72. The number of anilines is 2. The zero-order valence-electron chi connectivity index (χ0n) is 15.3. The Hall–Kier alpha value is -3.06. The van der Waals surface area contributed by atoms with Crippen LogP contribution >= 0.6 is 11.6 Å². The Kier molecular flexibility index (Phi) is 5.84. The Morgan fingerprint density at radius 3 is 2.61 bits per heavy atom. The minimum atomic E-state index is -0.475. The van der Waals surface area contributed by atoms with Gasteiger partial charge < -0.3 is 20.7 Å². The van der Waals surface area contributed by atoms with Gasteiger partial charge in [-0.1, -0.05) is 17.7 Å². The summed E-state index contributed by atoms with van der Waals surface area (Å²) < 4.78 is 5.49. The summed E-state index contributed by atoms with van der Waals surface area (Å²) in [4.78, 5) is 36.9. The predicted molar refractivity (Wildman–Crippen MR) is 106 cm³/mol. The molecule has 0 saturated carbocycles. The van der Waals surface area contributed by atoms with Gasteiger partial charge in [0.25, 0.3) is 5.91 Å². The molecule has 3 rings (SSSR count). The number of nitrogens with two attached hydrogens (primary N) is 1. The number of nitrogens with one attached hydrogen (secondary N) is 1. The Morgan fingerprint density at radius 1 is 1.25 bits per heavy atom. The van der Waals surface area contributed by atoms with Crippen LogP contribution in [0, 0.1) is 12.8 Å². The van der Waals surface area contributed by atoms with Crippen molar-refractivity contribution in [3.63, 3.8) is 0 Å². The quantitative estimate of drug-likeness (QED) is 0.776. The minimum absolute atomic E-state index is 0.122. The van der Waals surface area contributed by atoms with Crippen LogP contribution in [0.5, 0.6) is 5.75 Å². The van der Waals surface area contributed by atoms with Gasteiger partial charge in [0.1, 0.15) is 5.75 Å². The van der Waals surface area contributed by atoms with Crippen LogP contribution in [0.25, 0.3) is 0 Å². The number of amides is 3. The zero-order chi connectivity index (χ0) is 20.3. The second kappa shape index (κ2) is 8.31. The van der Waals surface area contributed by atoms with Gasteiger partial charge in [-0.3, -0.25) is 14.4 Å². The van der Waals surface area contributed by atoms with Gasteiger partial charge in [-0.15, -0.1) is 0 Å². The van der Waals surface area contributed by atoms with Crippen LogP contribution in [0.4, 0.5) is 11.4 Å². The van der Waals surface area contributed by atoms with E-state index in [0.717, 1.165) is 5.56 Å². The summed E-state index contributed by atoms with van der Waals surface area (Å²) in [5, 5.41) is 3.33. The van der Waals surface area contributed by atoms with Crippen molar-refractivity contribution in [1.29, 1.82) is 0 Å². The zero-order valence-corrected chi connectivity index (χ0v) is 16.0. The summed E-state index contributed by atoms with van der Waals surface area (Å²) in [6, 6.07) is 12.0. The van der Waals surface area contributed by atoms with E-state index in [4.69, 9.17) is 22.1 Å². The van der Waals surface area contributed by atoms with Gasteiger partial charge in [0.15, 0.2) is 6.61 Å². The number of nitrogens with zero attached hydrogens (tertiary/aromatic N) is 1. The first-order valence-corrected chi connectivity index (χ1v) is 9.10. The molecule has 1 heterocycles. The molecule has 0 spiro atoms. The van der Waals surface area contributed by atoms with E-state index in [1.807, 2.05) is 6.92 Å². The van der Waals surface area contributed by atoms with Crippen molar-refractivity contribution in [2.24, 2.45) is 11.7 Å². The lowest BCUT2D eigenvalue weighted by molar-refractivity contribution is -0.123. The number of ether oxygens (including phenoxy) is 1. The summed E-state index contributed by atoms with van der Waals surface area (Å²) in [5.74, 6) is -0.916. The summed E-state index contributed by atoms with van der Waals surface area (Å²) >= 11 is 6.04. The highest BCUT2D eigenvalue weighted by molar-refractivity contribution is 6.31. The number of primary amides is 1. The summed E-state index contributed by atoms with van der Waals surface area (Å²) in [6.45, 7) is 1.92. The molecule has 1 aliphatic rings. The number of hydrogen-bond donors (Lipinski definition) is 2. The van der Waals surface area contributed by atoms with Crippen LogP contribution in [0.3, 0.4) is 0 Å². The van der Waals surface area contributed by atoms with E-state index >= 15 is 0 Å². The number of halogens is 1. The maximum Gasteiger partial charge on any atom is 0.262 e. The molecule has 8 heteroatoms. The fourth-order valence-corrected chi connectivity index (χ4v) is 3.12. The third-order valence-electron chi connectivity index (χ3n) is 4.59. The molecule has 3 amide bonds. The van der Waals surface area contributed by atoms with Gasteiger partial charge in [-0.2, -0.15) is 0 Å².